The maximum atomic E-state index is 12.2. The van der Waals surface area contributed by atoms with Crippen LogP contribution < -0.4 is 5.32 Å². The maximum Gasteiger partial charge on any atom is 0.234 e. The van der Waals surface area contributed by atoms with Gasteiger partial charge in [0.25, 0.3) is 0 Å². The molecule has 0 fully saturated rings. The molecule has 1 aromatic heterocycles. The number of aromatic nitrogens is 3. The summed E-state index contributed by atoms with van der Waals surface area (Å²) in [7, 11) is 0. The quantitative estimate of drug-likeness (QED) is 0.626. The minimum Gasteiger partial charge on any atom is -0.324 e. The second-order valence-electron chi connectivity index (χ2n) is 5.59. The topological polar surface area (TPSA) is 59.8 Å². The van der Waals surface area contributed by atoms with Gasteiger partial charge in [0.05, 0.1) is 17.1 Å². The second kappa shape index (κ2) is 7.84. The Bertz CT molecular complexity index is 910. The molecule has 3 rings (SSSR count). The summed E-state index contributed by atoms with van der Waals surface area (Å²) in [4.78, 5) is 12.2. The van der Waals surface area contributed by atoms with E-state index in [1.807, 2.05) is 60.9 Å². The van der Waals surface area contributed by atoms with Crippen molar-refractivity contribution in [1.29, 1.82) is 0 Å². The molecule has 0 aliphatic rings. The fraction of sp³-hybridized carbons (Fsp3) is 0.167. The Morgan fingerprint density at radius 2 is 2.04 bits per heavy atom. The second-order valence-corrected chi connectivity index (χ2v) is 7.39. The van der Waals surface area contributed by atoms with Crippen LogP contribution in [-0.4, -0.2) is 26.4 Å². The molecular formula is C18H17BrN4OS. The van der Waals surface area contributed by atoms with Gasteiger partial charge in [0.2, 0.25) is 5.91 Å². The van der Waals surface area contributed by atoms with E-state index in [1.54, 1.807) is 6.33 Å². The van der Waals surface area contributed by atoms with Crippen molar-refractivity contribution in [2.75, 3.05) is 11.1 Å². The Morgan fingerprint density at radius 3 is 2.80 bits per heavy atom. The number of carbonyl (C=O) groups is 1. The van der Waals surface area contributed by atoms with Crippen molar-refractivity contribution in [3.63, 3.8) is 0 Å². The van der Waals surface area contributed by atoms with Crippen LogP contribution in [0, 0.1) is 13.8 Å². The largest absolute Gasteiger partial charge is 0.324 e. The number of hydrogen-bond acceptors (Lipinski definition) is 4. The van der Waals surface area contributed by atoms with Gasteiger partial charge in [-0.05, 0) is 59.1 Å². The Kier molecular flexibility index (Phi) is 5.55. The normalized spacial score (nSPS) is 10.7. The number of halogens is 1. The van der Waals surface area contributed by atoms with Gasteiger partial charge in [-0.2, -0.15) is 0 Å². The van der Waals surface area contributed by atoms with E-state index < -0.39 is 0 Å². The van der Waals surface area contributed by atoms with Crippen molar-refractivity contribution in [3.8, 4) is 5.69 Å². The lowest BCUT2D eigenvalue weighted by atomic mass is 10.2. The summed E-state index contributed by atoms with van der Waals surface area (Å²) in [5.74, 6) is 0.166. The minimum absolute atomic E-state index is 0.0890. The van der Waals surface area contributed by atoms with Gasteiger partial charge in [-0.25, -0.2) is 0 Å². The van der Waals surface area contributed by atoms with Gasteiger partial charge in [0, 0.05) is 4.47 Å². The maximum absolute atomic E-state index is 12.2. The standard InChI is InChI=1S/C18H17BrN4OS/c1-12-7-8-15(14(19)9-12)21-17(24)10-25-18-22-20-11-23(18)16-6-4-3-5-13(16)2/h3-9,11H,10H2,1-2H3,(H,21,24). The number of thioether (sulfide) groups is 1. The number of rotatable bonds is 5. The van der Waals surface area contributed by atoms with Crippen molar-refractivity contribution in [2.45, 2.75) is 19.0 Å². The third kappa shape index (κ3) is 4.29. The van der Waals surface area contributed by atoms with Crippen molar-refractivity contribution in [3.05, 3.63) is 64.4 Å². The molecule has 1 heterocycles. The van der Waals surface area contributed by atoms with Gasteiger partial charge in [-0.3, -0.25) is 9.36 Å². The number of para-hydroxylation sites is 1. The Labute approximate surface area is 159 Å². The number of amides is 1. The van der Waals surface area contributed by atoms with E-state index >= 15 is 0 Å². The van der Waals surface area contributed by atoms with Crippen LogP contribution in [0.2, 0.25) is 0 Å². The highest BCUT2D eigenvalue weighted by Gasteiger charge is 2.12. The highest BCUT2D eigenvalue weighted by Crippen LogP contribution is 2.25. The van der Waals surface area contributed by atoms with E-state index in [4.69, 9.17) is 0 Å². The average molecular weight is 417 g/mol. The molecule has 0 spiro atoms. The summed E-state index contributed by atoms with van der Waals surface area (Å²) >= 11 is 4.82. The molecule has 1 N–H and O–H groups in total. The molecule has 2 aromatic carbocycles. The SMILES string of the molecule is Cc1ccc(NC(=O)CSc2nncn2-c2ccccc2C)c(Br)c1. The predicted octanol–water partition coefficient (Wildman–Crippen LogP) is 4.38. The van der Waals surface area contributed by atoms with Crippen LogP contribution in [-0.2, 0) is 4.79 Å². The van der Waals surface area contributed by atoms with E-state index in [2.05, 4.69) is 31.4 Å². The van der Waals surface area contributed by atoms with Crippen molar-refractivity contribution < 1.29 is 4.79 Å². The number of anilines is 1. The number of nitrogens with one attached hydrogen (secondary N) is 1. The van der Waals surface area contributed by atoms with E-state index in [-0.39, 0.29) is 11.7 Å². The number of benzene rings is 2. The Morgan fingerprint density at radius 1 is 1.24 bits per heavy atom. The highest BCUT2D eigenvalue weighted by atomic mass is 79.9. The van der Waals surface area contributed by atoms with Crippen LogP contribution in [0.15, 0.2) is 58.4 Å². The summed E-state index contributed by atoms with van der Waals surface area (Å²) in [5, 5.41) is 11.7. The van der Waals surface area contributed by atoms with E-state index in [0.29, 0.717) is 5.16 Å². The lowest BCUT2D eigenvalue weighted by Crippen LogP contribution is -2.15. The van der Waals surface area contributed by atoms with Crippen LogP contribution >= 0.6 is 27.7 Å². The van der Waals surface area contributed by atoms with Gasteiger partial charge in [0.15, 0.2) is 5.16 Å². The summed E-state index contributed by atoms with van der Waals surface area (Å²) in [6, 6.07) is 13.8. The molecule has 7 heteroatoms. The molecule has 3 aromatic rings. The molecular weight excluding hydrogens is 400 g/mol. The molecule has 0 bridgehead atoms. The summed E-state index contributed by atoms with van der Waals surface area (Å²) < 4.78 is 2.77. The smallest absolute Gasteiger partial charge is 0.234 e. The van der Waals surface area contributed by atoms with Gasteiger partial charge in [-0.15, -0.1) is 10.2 Å². The first-order valence-corrected chi connectivity index (χ1v) is 9.47. The zero-order valence-corrected chi connectivity index (χ0v) is 16.3. The average Bonchev–Trinajstić information content (AvgIpc) is 3.04. The van der Waals surface area contributed by atoms with Crippen LogP contribution in [0.5, 0.6) is 0 Å². The molecule has 0 radical (unpaired) electrons. The van der Waals surface area contributed by atoms with Crippen molar-refractivity contribution in [1.82, 2.24) is 14.8 Å². The van der Waals surface area contributed by atoms with Crippen LogP contribution in [0.3, 0.4) is 0 Å². The van der Waals surface area contributed by atoms with Gasteiger partial charge < -0.3 is 5.32 Å². The van der Waals surface area contributed by atoms with Crippen molar-refractivity contribution >= 4 is 39.3 Å². The molecule has 0 aliphatic carbocycles. The molecule has 0 saturated carbocycles. The molecule has 1 amide bonds. The van der Waals surface area contributed by atoms with E-state index in [0.717, 1.165) is 27.0 Å². The Balaban J connectivity index is 1.67. The fourth-order valence-corrected chi connectivity index (χ4v) is 3.67. The summed E-state index contributed by atoms with van der Waals surface area (Å²) in [6.07, 6.45) is 1.67. The highest BCUT2D eigenvalue weighted by molar-refractivity contribution is 9.10. The first-order chi connectivity index (χ1) is 12.0. The lowest BCUT2D eigenvalue weighted by Gasteiger charge is -2.10. The first-order valence-electron chi connectivity index (χ1n) is 7.69. The molecule has 0 saturated heterocycles. The summed E-state index contributed by atoms with van der Waals surface area (Å²) in [6.45, 7) is 4.04. The number of aryl methyl sites for hydroxylation is 2. The molecule has 0 atom stereocenters. The van der Waals surface area contributed by atoms with Gasteiger partial charge in [0.1, 0.15) is 6.33 Å². The Hall–Kier alpha value is -2.12. The van der Waals surface area contributed by atoms with E-state index in [1.165, 1.54) is 11.8 Å². The molecule has 25 heavy (non-hydrogen) atoms. The fourth-order valence-electron chi connectivity index (χ4n) is 2.36. The van der Waals surface area contributed by atoms with Crippen LogP contribution in [0.25, 0.3) is 5.69 Å². The van der Waals surface area contributed by atoms with Gasteiger partial charge >= 0.3 is 0 Å². The van der Waals surface area contributed by atoms with Crippen LogP contribution in [0.1, 0.15) is 11.1 Å². The third-order valence-electron chi connectivity index (χ3n) is 3.62. The number of hydrogen-bond donors (Lipinski definition) is 1. The summed E-state index contributed by atoms with van der Waals surface area (Å²) in [5.41, 5.74) is 4.02. The number of carbonyl (C=O) groups excluding carboxylic acids is 1. The van der Waals surface area contributed by atoms with Gasteiger partial charge in [-0.1, -0.05) is 36.0 Å². The monoisotopic (exact) mass is 416 g/mol. The lowest BCUT2D eigenvalue weighted by molar-refractivity contribution is -0.113. The van der Waals surface area contributed by atoms with E-state index in [9.17, 15) is 4.79 Å². The predicted molar refractivity (Wildman–Crippen MR) is 104 cm³/mol. The zero-order chi connectivity index (χ0) is 17.8. The first kappa shape index (κ1) is 17.7. The molecule has 128 valence electrons. The molecule has 0 unspecified atom stereocenters. The van der Waals surface area contributed by atoms with Crippen LogP contribution in [0.4, 0.5) is 5.69 Å². The zero-order valence-electron chi connectivity index (χ0n) is 13.9. The number of nitrogens with zero attached hydrogens (tertiary/aromatic N) is 3. The molecule has 0 aliphatic heterocycles. The third-order valence-corrected chi connectivity index (χ3v) is 5.22. The minimum atomic E-state index is -0.0890. The van der Waals surface area contributed by atoms with Crippen molar-refractivity contribution in [2.24, 2.45) is 0 Å². The molecule has 5 nitrogen and oxygen atoms in total.